The molecule has 1 amide bonds. The van der Waals surface area contributed by atoms with Crippen LogP contribution in [0.3, 0.4) is 0 Å². The predicted octanol–water partition coefficient (Wildman–Crippen LogP) is 2.17. The molecule has 1 saturated heterocycles. The number of carbonyl (C=O) groups is 1. The molecule has 2 aliphatic rings. The fraction of sp³-hybridized carbons (Fsp3) is 0.391. The quantitative estimate of drug-likeness (QED) is 0.557. The second-order valence-corrected chi connectivity index (χ2v) is 8.57. The van der Waals surface area contributed by atoms with Gasteiger partial charge < -0.3 is 25.0 Å². The largest absolute Gasteiger partial charge is 0.393 e. The van der Waals surface area contributed by atoms with Crippen molar-refractivity contribution >= 4 is 11.9 Å². The van der Waals surface area contributed by atoms with E-state index >= 15 is 0 Å². The van der Waals surface area contributed by atoms with Gasteiger partial charge in [0.2, 0.25) is 11.5 Å². The lowest BCUT2D eigenvalue weighted by molar-refractivity contribution is -0.144. The summed E-state index contributed by atoms with van der Waals surface area (Å²) >= 11 is 0. The molecule has 0 bridgehead atoms. The third kappa shape index (κ3) is 3.74. The lowest BCUT2D eigenvalue weighted by Crippen LogP contribution is -2.35. The summed E-state index contributed by atoms with van der Waals surface area (Å²) in [6, 6.07) is 11.3. The number of nitrogens with zero attached hydrogens (tertiary/aromatic N) is 4. The van der Waals surface area contributed by atoms with E-state index < -0.39 is 5.60 Å². The molecule has 2 fully saturated rings. The van der Waals surface area contributed by atoms with Crippen molar-refractivity contribution in [1.29, 1.82) is 0 Å². The summed E-state index contributed by atoms with van der Waals surface area (Å²) in [6.45, 7) is 0.463. The van der Waals surface area contributed by atoms with Gasteiger partial charge in [0.05, 0.1) is 11.8 Å². The highest BCUT2D eigenvalue weighted by Gasteiger charge is 2.48. The van der Waals surface area contributed by atoms with Crippen LogP contribution in [-0.4, -0.2) is 61.9 Å². The van der Waals surface area contributed by atoms with E-state index in [4.69, 9.17) is 4.52 Å². The molecule has 1 saturated carbocycles. The van der Waals surface area contributed by atoms with Crippen molar-refractivity contribution in [2.45, 2.75) is 43.4 Å². The summed E-state index contributed by atoms with van der Waals surface area (Å²) in [5.74, 6) is 0.297. The van der Waals surface area contributed by atoms with Gasteiger partial charge in [-0.25, -0.2) is 9.97 Å². The van der Waals surface area contributed by atoms with E-state index in [2.05, 4.69) is 20.4 Å². The Morgan fingerprint density at radius 1 is 1.19 bits per heavy atom. The van der Waals surface area contributed by atoms with Gasteiger partial charge in [-0.2, -0.15) is 0 Å². The molecule has 2 aromatic heterocycles. The Morgan fingerprint density at radius 3 is 2.72 bits per heavy atom. The maximum Gasteiger partial charge on any atom is 0.262 e. The molecule has 5 rings (SSSR count). The van der Waals surface area contributed by atoms with Gasteiger partial charge in [0, 0.05) is 49.4 Å². The number of hydrogen-bond acceptors (Lipinski definition) is 8. The molecule has 1 aromatic carbocycles. The van der Waals surface area contributed by atoms with E-state index in [1.807, 2.05) is 30.3 Å². The maximum atomic E-state index is 12.3. The van der Waals surface area contributed by atoms with Crippen molar-refractivity contribution < 1.29 is 19.5 Å². The number of carbonyl (C=O) groups excluding carboxylic acids is 1. The zero-order valence-electron chi connectivity index (χ0n) is 17.7. The van der Waals surface area contributed by atoms with Crippen LogP contribution in [-0.2, 0) is 10.4 Å². The van der Waals surface area contributed by atoms with Crippen molar-refractivity contribution in [3.63, 3.8) is 0 Å². The Bertz CT molecular complexity index is 1150. The summed E-state index contributed by atoms with van der Waals surface area (Å²) in [7, 11) is 1.65. The second-order valence-electron chi connectivity index (χ2n) is 8.57. The number of aliphatic hydroxyl groups is 2. The van der Waals surface area contributed by atoms with Gasteiger partial charge in [-0.3, -0.25) is 4.79 Å². The van der Waals surface area contributed by atoms with Gasteiger partial charge in [0.25, 0.3) is 5.91 Å². The standard InChI is InChI=1S/C23H25N5O4/c1-28-10-8-23(31,21(28)30)20-13-19(27-32-20)15-4-2-3-14(11-15)18-7-9-24-22(26-18)25-16-5-6-17(29)12-16/h2-4,7,9,11,13,16-17,29,31H,5-6,8,10,12H2,1H3,(H,24,25,26)/t16-,17+,23+/m0/s1. The Hall–Kier alpha value is -3.30. The highest BCUT2D eigenvalue weighted by atomic mass is 16.5. The van der Waals surface area contributed by atoms with Gasteiger partial charge in [0.15, 0.2) is 5.76 Å². The molecule has 3 N–H and O–H groups in total. The predicted molar refractivity (Wildman–Crippen MR) is 116 cm³/mol. The SMILES string of the molecule is CN1CC[C@@](O)(c2cc(-c3cccc(-c4ccnc(N[C@H]5CC[C@@H](O)C5)n4)c3)no2)C1=O. The molecule has 0 spiro atoms. The minimum absolute atomic E-state index is 0.152. The summed E-state index contributed by atoms with van der Waals surface area (Å²) < 4.78 is 5.37. The lowest BCUT2D eigenvalue weighted by atomic mass is 9.98. The van der Waals surface area contributed by atoms with Crippen molar-refractivity contribution in [1.82, 2.24) is 20.0 Å². The van der Waals surface area contributed by atoms with Crippen LogP contribution < -0.4 is 5.32 Å². The lowest BCUT2D eigenvalue weighted by Gasteiger charge is -2.16. The van der Waals surface area contributed by atoms with Crippen LogP contribution in [0.4, 0.5) is 5.95 Å². The molecule has 166 valence electrons. The minimum atomic E-state index is -1.67. The molecule has 9 nitrogen and oxygen atoms in total. The van der Waals surface area contributed by atoms with Crippen molar-refractivity contribution in [2.24, 2.45) is 0 Å². The van der Waals surface area contributed by atoms with Crippen LogP contribution >= 0.6 is 0 Å². The number of aromatic nitrogens is 3. The van der Waals surface area contributed by atoms with Crippen LogP contribution in [0.5, 0.6) is 0 Å². The Morgan fingerprint density at radius 2 is 2.00 bits per heavy atom. The molecule has 9 heteroatoms. The Kier molecular flexibility index (Phi) is 5.15. The molecule has 3 atom stereocenters. The number of aliphatic hydroxyl groups excluding tert-OH is 1. The number of amides is 1. The fourth-order valence-electron chi connectivity index (χ4n) is 4.39. The van der Waals surface area contributed by atoms with Crippen LogP contribution in [0.2, 0.25) is 0 Å². The summed E-state index contributed by atoms with van der Waals surface area (Å²) in [5, 5.41) is 27.9. The monoisotopic (exact) mass is 435 g/mol. The van der Waals surface area contributed by atoms with E-state index in [9.17, 15) is 15.0 Å². The fourth-order valence-corrected chi connectivity index (χ4v) is 4.39. The van der Waals surface area contributed by atoms with Gasteiger partial charge >= 0.3 is 0 Å². The first-order chi connectivity index (χ1) is 15.4. The highest BCUT2D eigenvalue weighted by Crippen LogP contribution is 2.35. The van der Waals surface area contributed by atoms with E-state index in [0.717, 1.165) is 29.7 Å². The maximum absolute atomic E-state index is 12.3. The number of rotatable bonds is 5. The second kappa shape index (κ2) is 7.99. The average molecular weight is 435 g/mol. The first-order valence-corrected chi connectivity index (χ1v) is 10.8. The van der Waals surface area contributed by atoms with E-state index in [-0.39, 0.29) is 30.2 Å². The highest BCUT2D eigenvalue weighted by molar-refractivity contribution is 5.87. The van der Waals surface area contributed by atoms with Gasteiger partial charge in [-0.05, 0) is 31.4 Å². The number of likely N-dealkylation sites (N-methyl/N-ethyl adjacent to an activating group) is 1. The number of hydrogen-bond donors (Lipinski definition) is 3. The topological polar surface area (TPSA) is 125 Å². The van der Waals surface area contributed by atoms with Crippen LogP contribution in [0.15, 0.2) is 47.1 Å². The van der Waals surface area contributed by atoms with Gasteiger partial charge in [-0.1, -0.05) is 23.4 Å². The molecule has 1 aliphatic carbocycles. The van der Waals surface area contributed by atoms with Crippen molar-refractivity contribution in [3.8, 4) is 22.5 Å². The molecular weight excluding hydrogens is 410 g/mol. The average Bonchev–Trinajstić information content (AvgIpc) is 3.52. The smallest absolute Gasteiger partial charge is 0.262 e. The molecule has 3 aromatic rings. The zero-order chi connectivity index (χ0) is 22.3. The molecule has 3 heterocycles. The molecule has 0 radical (unpaired) electrons. The number of likely N-dealkylation sites (tertiary alicyclic amines) is 1. The molecule has 0 unspecified atom stereocenters. The number of anilines is 1. The molecule has 32 heavy (non-hydrogen) atoms. The van der Waals surface area contributed by atoms with Crippen LogP contribution in [0.1, 0.15) is 31.4 Å². The third-order valence-electron chi connectivity index (χ3n) is 6.28. The molecule has 1 aliphatic heterocycles. The normalized spacial score (nSPS) is 25.5. The van der Waals surface area contributed by atoms with Gasteiger partial charge in [0.1, 0.15) is 5.69 Å². The summed E-state index contributed by atoms with van der Waals surface area (Å²) in [6.07, 6.45) is 4.08. The summed E-state index contributed by atoms with van der Waals surface area (Å²) in [4.78, 5) is 22.8. The first-order valence-electron chi connectivity index (χ1n) is 10.8. The molecular formula is C23H25N5O4. The van der Waals surface area contributed by atoms with Gasteiger partial charge in [-0.15, -0.1) is 0 Å². The van der Waals surface area contributed by atoms with Crippen molar-refractivity contribution in [3.05, 3.63) is 48.4 Å². The van der Waals surface area contributed by atoms with Crippen molar-refractivity contribution in [2.75, 3.05) is 18.9 Å². The third-order valence-corrected chi connectivity index (χ3v) is 6.28. The van der Waals surface area contributed by atoms with Crippen LogP contribution in [0.25, 0.3) is 22.5 Å². The van der Waals surface area contributed by atoms with E-state index in [0.29, 0.717) is 24.6 Å². The minimum Gasteiger partial charge on any atom is -0.393 e. The zero-order valence-corrected chi connectivity index (χ0v) is 17.7. The summed E-state index contributed by atoms with van der Waals surface area (Å²) in [5.41, 5.74) is 1.27. The van der Waals surface area contributed by atoms with E-state index in [1.165, 1.54) is 4.90 Å². The Labute approximate surface area is 185 Å². The Balaban J connectivity index is 1.38. The van der Waals surface area contributed by atoms with E-state index in [1.54, 1.807) is 19.3 Å². The number of nitrogens with one attached hydrogen (secondary N) is 1. The number of benzene rings is 1. The van der Waals surface area contributed by atoms with Crippen LogP contribution in [0, 0.1) is 0 Å². The first kappa shape index (κ1) is 20.6.